The zero-order valence-electron chi connectivity index (χ0n) is 18.2. The first-order valence-electron chi connectivity index (χ1n) is 11.0. The normalized spacial score (nSPS) is 16.7. The molecule has 160 valence electrons. The van der Waals surface area contributed by atoms with Crippen LogP contribution in [0.3, 0.4) is 0 Å². The largest absolute Gasteiger partial charge is 0.379 e. The molecule has 0 radical (unpaired) electrons. The van der Waals surface area contributed by atoms with Crippen LogP contribution in [0, 0.1) is 0 Å². The van der Waals surface area contributed by atoms with E-state index in [2.05, 4.69) is 78.7 Å². The van der Waals surface area contributed by atoms with Crippen LogP contribution in [0.2, 0.25) is 0 Å². The van der Waals surface area contributed by atoms with Crippen molar-refractivity contribution in [3.05, 3.63) is 72.9 Å². The van der Waals surface area contributed by atoms with E-state index >= 15 is 0 Å². The molecule has 0 atom stereocenters. The number of nitrogens with zero attached hydrogens (tertiary/aromatic N) is 1. The summed E-state index contributed by atoms with van der Waals surface area (Å²) >= 11 is 0. The van der Waals surface area contributed by atoms with Crippen LogP contribution in [0.25, 0.3) is 0 Å². The molecule has 3 nitrogen and oxygen atoms in total. The molecule has 0 spiro atoms. The molecule has 0 aliphatic carbocycles. The summed E-state index contributed by atoms with van der Waals surface area (Å²) in [6.07, 6.45) is 32.6. The lowest BCUT2D eigenvalue weighted by atomic mass is 10.2. The molecule has 0 amide bonds. The van der Waals surface area contributed by atoms with Crippen molar-refractivity contribution in [3.63, 3.8) is 0 Å². The van der Waals surface area contributed by atoms with Crippen molar-refractivity contribution in [1.29, 1.82) is 0 Å². The van der Waals surface area contributed by atoms with Gasteiger partial charge in [0.2, 0.25) is 0 Å². The number of allylic oxidation sites excluding steroid dienone is 12. The van der Waals surface area contributed by atoms with Crippen LogP contribution in [0.15, 0.2) is 72.9 Å². The molecule has 0 N–H and O–H groups in total. The van der Waals surface area contributed by atoms with Gasteiger partial charge in [-0.25, -0.2) is 0 Å². The number of hydrogen-bond acceptors (Lipinski definition) is 3. The lowest BCUT2D eigenvalue weighted by Gasteiger charge is -2.25. The fourth-order valence-electron chi connectivity index (χ4n) is 2.81. The Labute approximate surface area is 178 Å². The van der Waals surface area contributed by atoms with Crippen LogP contribution in [-0.4, -0.2) is 43.5 Å². The molecule has 0 unspecified atom stereocenters. The summed E-state index contributed by atoms with van der Waals surface area (Å²) in [5.74, 6) is 0.284. The summed E-state index contributed by atoms with van der Waals surface area (Å²) in [4.78, 5) is 14.1. The van der Waals surface area contributed by atoms with E-state index in [9.17, 15) is 4.79 Å². The van der Waals surface area contributed by atoms with Crippen molar-refractivity contribution in [2.75, 3.05) is 32.8 Å². The second-order valence-electron chi connectivity index (χ2n) is 7.05. The van der Waals surface area contributed by atoms with Gasteiger partial charge < -0.3 is 4.74 Å². The molecule has 0 aromatic rings. The third-order valence-corrected chi connectivity index (χ3v) is 4.45. The Morgan fingerprint density at radius 2 is 1.10 bits per heavy atom. The molecular weight excluding hydrogens is 358 g/mol. The molecule has 29 heavy (non-hydrogen) atoms. The maximum atomic E-state index is 11.9. The predicted molar refractivity (Wildman–Crippen MR) is 125 cm³/mol. The van der Waals surface area contributed by atoms with Crippen molar-refractivity contribution in [3.8, 4) is 0 Å². The smallest absolute Gasteiger partial charge is 0.150 e. The van der Waals surface area contributed by atoms with E-state index in [-0.39, 0.29) is 5.78 Å². The molecule has 0 bridgehead atoms. The van der Waals surface area contributed by atoms with Gasteiger partial charge in [-0.2, -0.15) is 0 Å². The number of morpholine rings is 1. The summed E-state index contributed by atoms with van der Waals surface area (Å²) < 4.78 is 5.29. The van der Waals surface area contributed by atoms with E-state index in [1.54, 1.807) is 0 Å². The van der Waals surface area contributed by atoms with E-state index in [1.165, 1.54) is 0 Å². The number of carbonyl (C=O) groups excluding carboxylic acids is 1. The first-order chi connectivity index (χ1) is 14.3. The van der Waals surface area contributed by atoms with Crippen LogP contribution in [0.5, 0.6) is 0 Å². The molecule has 3 heteroatoms. The predicted octanol–water partition coefficient (Wildman–Crippen LogP) is 5.98. The summed E-state index contributed by atoms with van der Waals surface area (Å²) in [6.45, 7) is 5.93. The Balaban J connectivity index is 1.97. The van der Waals surface area contributed by atoms with E-state index in [1.807, 2.05) is 6.08 Å². The Morgan fingerprint density at radius 1 is 0.690 bits per heavy atom. The molecule has 0 saturated carbocycles. The van der Waals surface area contributed by atoms with Gasteiger partial charge in [0.05, 0.1) is 19.8 Å². The van der Waals surface area contributed by atoms with Crippen LogP contribution >= 0.6 is 0 Å². The van der Waals surface area contributed by atoms with E-state index in [4.69, 9.17) is 4.74 Å². The summed E-state index contributed by atoms with van der Waals surface area (Å²) in [5.41, 5.74) is 0. The lowest BCUT2D eigenvalue weighted by molar-refractivity contribution is -0.120. The third-order valence-electron chi connectivity index (χ3n) is 4.45. The summed E-state index contributed by atoms with van der Waals surface area (Å²) in [5, 5.41) is 0. The fourth-order valence-corrected chi connectivity index (χ4v) is 2.81. The standard InChI is InChI=1S/C26H39NO2/c1-2-3-4-5-6-7-8-9-10-11-12-13-14-15-16-17-18-19-20-26(28)25-27-21-23-29-24-22-27/h3-4,6-7,9-10,12-13,15-16,18-19H,2,5,8,11,14,17,20-25H2,1H3/b4-3-,7-6-,10-9-,13-12-,16-15-,19-18-. The number of rotatable bonds is 15. The zero-order chi connectivity index (χ0) is 20.8. The van der Waals surface area contributed by atoms with Gasteiger partial charge >= 0.3 is 0 Å². The highest BCUT2D eigenvalue weighted by molar-refractivity contribution is 5.81. The quantitative estimate of drug-likeness (QED) is 0.319. The first-order valence-corrected chi connectivity index (χ1v) is 11.0. The van der Waals surface area contributed by atoms with Crippen LogP contribution in [0.1, 0.15) is 51.9 Å². The summed E-state index contributed by atoms with van der Waals surface area (Å²) in [7, 11) is 0. The highest BCUT2D eigenvalue weighted by Crippen LogP contribution is 2.00. The van der Waals surface area contributed by atoms with Crippen molar-refractivity contribution >= 4 is 5.78 Å². The minimum Gasteiger partial charge on any atom is -0.379 e. The van der Waals surface area contributed by atoms with Crippen LogP contribution in [0.4, 0.5) is 0 Å². The molecule has 1 aliphatic heterocycles. The number of ether oxygens (including phenoxy) is 1. The Bertz CT molecular complexity index is 576. The minimum absolute atomic E-state index is 0.284. The highest BCUT2D eigenvalue weighted by Gasteiger charge is 2.12. The highest BCUT2D eigenvalue weighted by atomic mass is 16.5. The average molecular weight is 398 g/mol. The maximum absolute atomic E-state index is 11.9. The number of hydrogen-bond donors (Lipinski definition) is 0. The SMILES string of the molecule is CC/C=C\C/C=C\C/C=C\C/C=C\C/C=C\C/C=C\CC(=O)CN1CCOCC1. The molecular formula is C26H39NO2. The first kappa shape index (κ1) is 25.1. The molecule has 1 rings (SSSR count). The molecule has 0 aromatic carbocycles. The topological polar surface area (TPSA) is 29.5 Å². The fraction of sp³-hybridized carbons (Fsp3) is 0.500. The molecule has 1 heterocycles. The Kier molecular flexibility index (Phi) is 16.7. The summed E-state index contributed by atoms with van der Waals surface area (Å²) in [6, 6.07) is 0. The molecule has 1 aliphatic rings. The lowest BCUT2D eigenvalue weighted by Crippen LogP contribution is -2.39. The van der Waals surface area contributed by atoms with Gasteiger partial charge in [0, 0.05) is 19.5 Å². The average Bonchev–Trinajstić information content (AvgIpc) is 2.73. The van der Waals surface area contributed by atoms with Gasteiger partial charge in [-0.05, 0) is 38.5 Å². The van der Waals surface area contributed by atoms with Crippen molar-refractivity contribution in [2.24, 2.45) is 0 Å². The van der Waals surface area contributed by atoms with Crippen LogP contribution in [-0.2, 0) is 9.53 Å². The number of carbonyl (C=O) groups is 1. The van der Waals surface area contributed by atoms with Crippen molar-refractivity contribution in [2.45, 2.75) is 51.9 Å². The second kappa shape index (κ2) is 19.4. The number of Topliss-reactive ketones (excluding diaryl/α,β-unsaturated/α-hetero) is 1. The third kappa shape index (κ3) is 16.7. The second-order valence-corrected chi connectivity index (χ2v) is 7.05. The van der Waals surface area contributed by atoms with Gasteiger partial charge in [0.25, 0.3) is 0 Å². The van der Waals surface area contributed by atoms with Crippen LogP contribution < -0.4 is 0 Å². The molecule has 1 fully saturated rings. The monoisotopic (exact) mass is 397 g/mol. The van der Waals surface area contributed by atoms with E-state index in [0.717, 1.165) is 64.8 Å². The Hall–Kier alpha value is -1.97. The molecule has 1 saturated heterocycles. The Morgan fingerprint density at radius 3 is 1.55 bits per heavy atom. The molecule has 0 aromatic heterocycles. The number of ketones is 1. The van der Waals surface area contributed by atoms with Gasteiger partial charge in [-0.1, -0.05) is 79.8 Å². The van der Waals surface area contributed by atoms with E-state index in [0.29, 0.717) is 13.0 Å². The zero-order valence-corrected chi connectivity index (χ0v) is 18.2. The van der Waals surface area contributed by atoms with Crippen molar-refractivity contribution < 1.29 is 9.53 Å². The maximum Gasteiger partial charge on any atom is 0.150 e. The van der Waals surface area contributed by atoms with Gasteiger partial charge in [-0.3, -0.25) is 9.69 Å². The van der Waals surface area contributed by atoms with E-state index < -0.39 is 0 Å². The minimum atomic E-state index is 0.284. The van der Waals surface area contributed by atoms with Gasteiger partial charge in [0.1, 0.15) is 0 Å². The van der Waals surface area contributed by atoms with Gasteiger partial charge in [0.15, 0.2) is 5.78 Å². The van der Waals surface area contributed by atoms with Gasteiger partial charge in [-0.15, -0.1) is 0 Å². The van der Waals surface area contributed by atoms with Crippen molar-refractivity contribution in [1.82, 2.24) is 4.90 Å².